The maximum Gasteiger partial charge on any atom is 0.309 e. The second-order valence-electron chi connectivity index (χ2n) is 3.65. The lowest BCUT2D eigenvalue weighted by Gasteiger charge is -2.12. The second kappa shape index (κ2) is 4.02. The zero-order valence-corrected chi connectivity index (χ0v) is 8.59. The molecule has 2 rings (SSSR count). The van der Waals surface area contributed by atoms with Gasteiger partial charge in [-0.25, -0.2) is 0 Å². The molecule has 0 amide bonds. The standard InChI is InChI=1S/C10H14N2O3/c1-2-12-6-7(5-11-12)9-8(10(13)14)3-4-15-9/h5-6,8-9H,2-4H2,1H3,(H,13,14)/t8-,9+/m0/s1. The average molecular weight is 210 g/mol. The van der Waals surface area contributed by atoms with E-state index < -0.39 is 11.9 Å². The number of rotatable bonds is 3. The first-order valence-electron chi connectivity index (χ1n) is 5.09. The first-order valence-corrected chi connectivity index (χ1v) is 5.09. The minimum atomic E-state index is -0.790. The predicted molar refractivity (Wildman–Crippen MR) is 52.3 cm³/mol. The van der Waals surface area contributed by atoms with Crippen LogP contribution >= 0.6 is 0 Å². The van der Waals surface area contributed by atoms with Gasteiger partial charge in [0.05, 0.1) is 18.2 Å². The topological polar surface area (TPSA) is 64.3 Å². The Morgan fingerprint density at radius 3 is 3.20 bits per heavy atom. The van der Waals surface area contributed by atoms with Gasteiger partial charge in [-0.2, -0.15) is 5.10 Å². The number of carboxylic acids is 1. The number of hydrogen-bond acceptors (Lipinski definition) is 3. The fourth-order valence-electron chi connectivity index (χ4n) is 1.87. The first kappa shape index (κ1) is 10.2. The molecule has 0 bridgehead atoms. The minimum Gasteiger partial charge on any atom is -0.481 e. The van der Waals surface area contributed by atoms with Gasteiger partial charge >= 0.3 is 5.97 Å². The number of hydrogen-bond donors (Lipinski definition) is 1. The van der Waals surface area contributed by atoms with Gasteiger partial charge in [-0.1, -0.05) is 0 Å². The summed E-state index contributed by atoms with van der Waals surface area (Å²) in [5, 5.41) is 13.1. The Bertz CT molecular complexity index is 361. The van der Waals surface area contributed by atoms with Crippen molar-refractivity contribution in [1.29, 1.82) is 0 Å². The monoisotopic (exact) mass is 210 g/mol. The van der Waals surface area contributed by atoms with E-state index in [4.69, 9.17) is 9.84 Å². The summed E-state index contributed by atoms with van der Waals surface area (Å²) in [6.07, 6.45) is 3.79. The third-order valence-electron chi connectivity index (χ3n) is 2.71. The molecule has 0 spiro atoms. The highest BCUT2D eigenvalue weighted by Crippen LogP contribution is 2.34. The number of aliphatic carboxylic acids is 1. The van der Waals surface area contributed by atoms with Crippen molar-refractivity contribution in [2.45, 2.75) is 26.0 Å². The highest BCUT2D eigenvalue weighted by Gasteiger charge is 2.35. The van der Waals surface area contributed by atoms with E-state index in [0.717, 1.165) is 12.1 Å². The fourth-order valence-corrected chi connectivity index (χ4v) is 1.87. The summed E-state index contributed by atoms with van der Waals surface area (Å²) in [6.45, 7) is 3.28. The van der Waals surface area contributed by atoms with E-state index >= 15 is 0 Å². The Kier molecular flexibility index (Phi) is 2.73. The Hall–Kier alpha value is -1.36. The van der Waals surface area contributed by atoms with Gasteiger partial charge < -0.3 is 9.84 Å². The van der Waals surface area contributed by atoms with E-state index in [-0.39, 0.29) is 6.10 Å². The molecule has 5 nitrogen and oxygen atoms in total. The smallest absolute Gasteiger partial charge is 0.309 e. The summed E-state index contributed by atoms with van der Waals surface area (Å²) in [5.74, 6) is -1.22. The molecule has 1 aromatic rings. The van der Waals surface area contributed by atoms with Crippen LogP contribution in [-0.2, 0) is 16.1 Å². The number of carboxylic acid groups (broad SMARTS) is 1. The Morgan fingerprint density at radius 2 is 2.60 bits per heavy atom. The van der Waals surface area contributed by atoms with E-state index in [1.807, 2.05) is 13.1 Å². The second-order valence-corrected chi connectivity index (χ2v) is 3.65. The van der Waals surface area contributed by atoms with Crippen LogP contribution in [0.1, 0.15) is 25.0 Å². The van der Waals surface area contributed by atoms with Crippen molar-refractivity contribution in [1.82, 2.24) is 9.78 Å². The summed E-state index contributed by atoms with van der Waals surface area (Å²) >= 11 is 0. The van der Waals surface area contributed by atoms with Gasteiger partial charge in [0.2, 0.25) is 0 Å². The summed E-state index contributed by atoms with van der Waals surface area (Å²) in [4.78, 5) is 11.0. The van der Waals surface area contributed by atoms with E-state index in [9.17, 15) is 4.79 Å². The molecule has 0 unspecified atom stereocenters. The van der Waals surface area contributed by atoms with Crippen LogP contribution in [0.4, 0.5) is 0 Å². The van der Waals surface area contributed by atoms with E-state index in [0.29, 0.717) is 13.0 Å². The van der Waals surface area contributed by atoms with Crippen molar-refractivity contribution >= 4 is 5.97 Å². The number of aromatic nitrogens is 2. The highest BCUT2D eigenvalue weighted by atomic mass is 16.5. The van der Waals surface area contributed by atoms with Crippen LogP contribution in [0, 0.1) is 5.92 Å². The summed E-state index contributed by atoms with van der Waals surface area (Å²) in [5.41, 5.74) is 0.863. The molecule has 0 radical (unpaired) electrons. The first-order chi connectivity index (χ1) is 7.22. The molecule has 0 aromatic carbocycles. The van der Waals surface area contributed by atoms with Crippen LogP contribution in [0.15, 0.2) is 12.4 Å². The van der Waals surface area contributed by atoms with Crippen molar-refractivity contribution in [2.24, 2.45) is 5.92 Å². The number of carbonyl (C=O) groups is 1. The van der Waals surface area contributed by atoms with Crippen LogP contribution in [-0.4, -0.2) is 27.5 Å². The lowest BCUT2D eigenvalue weighted by atomic mass is 9.98. The molecule has 1 aromatic heterocycles. The summed E-state index contributed by atoms with van der Waals surface area (Å²) < 4.78 is 7.21. The molecule has 1 aliphatic heterocycles. The van der Waals surface area contributed by atoms with Gasteiger partial charge in [0.1, 0.15) is 0 Å². The lowest BCUT2D eigenvalue weighted by Crippen LogP contribution is -2.17. The van der Waals surface area contributed by atoms with Gasteiger partial charge in [-0.3, -0.25) is 9.48 Å². The van der Waals surface area contributed by atoms with Gasteiger partial charge in [-0.05, 0) is 13.3 Å². The quantitative estimate of drug-likeness (QED) is 0.810. The van der Waals surface area contributed by atoms with Crippen LogP contribution in [0.3, 0.4) is 0 Å². The van der Waals surface area contributed by atoms with E-state index in [1.54, 1.807) is 10.9 Å². The molecule has 82 valence electrons. The largest absolute Gasteiger partial charge is 0.481 e. The SMILES string of the molecule is CCn1cc([C@H]2OCC[C@@H]2C(=O)O)cn1. The van der Waals surface area contributed by atoms with Crippen molar-refractivity contribution < 1.29 is 14.6 Å². The third-order valence-corrected chi connectivity index (χ3v) is 2.71. The van der Waals surface area contributed by atoms with Crippen LogP contribution in [0.25, 0.3) is 0 Å². The van der Waals surface area contributed by atoms with Crippen LogP contribution in [0.5, 0.6) is 0 Å². The van der Waals surface area contributed by atoms with Gasteiger partial charge in [0.15, 0.2) is 0 Å². The van der Waals surface area contributed by atoms with Gasteiger partial charge in [0.25, 0.3) is 0 Å². The normalized spacial score (nSPS) is 25.7. The predicted octanol–water partition coefficient (Wildman–Crippen LogP) is 1.07. The van der Waals surface area contributed by atoms with E-state index in [2.05, 4.69) is 5.10 Å². The maximum absolute atomic E-state index is 11.0. The van der Waals surface area contributed by atoms with E-state index in [1.165, 1.54) is 0 Å². The molecule has 1 N–H and O–H groups in total. The van der Waals surface area contributed by atoms with Crippen molar-refractivity contribution in [3.05, 3.63) is 18.0 Å². The third kappa shape index (κ3) is 1.87. The van der Waals surface area contributed by atoms with Gasteiger partial charge in [0, 0.05) is 24.9 Å². The number of ether oxygens (including phenoxy) is 1. The molecule has 2 atom stereocenters. The van der Waals surface area contributed by atoms with Crippen molar-refractivity contribution in [3.63, 3.8) is 0 Å². The van der Waals surface area contributed by atoms with Crippen molar-refractivity contribution in [2.75, 3.05) is 6.61 Å². The summed E-state index contributed by atoms with van der Waals surface area (Å²) in [7, 11) is 0. The Balaban J connectivity index is 2.18. The summed E-state index contributed by atoms with van der Waals surface area (Å²) in [6, 6.07) is 0. The number of aryl methyl sites for hydroxylation is 1. The van der Waals surface area contributed by atoms with Crippen LogP contribution in [0.2, 0.25) is 0 Å². The Labute approximate surface area is 87.7 Å². The highest BCUT2D eigenvalue weighted by molar-refractivity contribution is 5.71. The average Bonchev–Trinajstić information content (AvgIpc) is 2.85. The molecular formula is C10H14N2O3. The fraction of sp³-hybridized carbons (Fsp3) is 0.600. The minimum absolute atomic E-state index is 0.331. The molecule has 0 saturated carbocycles. The molecule has 5 heteroatoms. The Morgan fingerprint density at radius 1 is 1.80 bits per heavy atom. The molecule has 1 aliphatic rings. The zero-order valence-electron chi connectivity index (χ0n) is 8.59. The molecule has 1 saturated heterocycles. The zero-order chi connectivity index (χ0) is 10.8. The van der Waals surface area contributed by atoms with Gasteiger partial charge in [-0.15, -0.1) is 0 Å². The molecule has 1 fully saturated rings. The van der Waals surface area contributed by atoms with Crippen LogP contribution < -0.4 is 0 Å². The lowest BCUT2D eigenvalue weighted by molar-refractivity contribution is -0.143. The molecule has 15 heavy (non-hydrogen) atoms. The molecule has 2 heterocycles. The molecule has 0 aliphatic carbocycles. The maximum atomic E-state index is 11.0. The molecular weight excluding hydrogens is 196 g/mol. The van der Waals surface area contributed by atoms with Crippen molar-refractivity contribution in [3.8, 4) is 0 Å². The number of nitrogens with zero attached hydrogens (tertiary/aromatic N) is 2.